The Balaban J connectivity index is 1.56. The van der Waals surface area contributed by atoms with Crippen molar-refractivity contribution in [3.63, 3.8) is 0 Å². The lowest BCUT2D eigenvalue weighted by atomic mass is 9.98. The highest BCUT2D eigenvalue weighted by Crippen LogP contribution is 2.42. The zero-order valence-electron chi connectivity index (χ0n) is 9.09. The summed E-state index contributed by atoms with van der Waals surface area (Å²) in [5, 5.41) is 5.25. The van der Waals surface area contributed by atoms with Gasteiger partial charge in [-0.3, -0.25) is 9.80 Å². The molecule has 15 heavy (non-hydrogen) atoms. The van der Waals surface area contributed by atoms with Crippen molar-refractivity contribution in [1.29, 1.82) is 0 Å². The summed E-state index contributed by atoms with van der Waals surface area (Å²) in [6.45, 7) is 3.14. The number of amides is 1. The van der Waals surface area contributed by atoms with Crippen molar-refractivity contribution in [3.05, 3.63) is 0 Å². The molecule has 1 spiro atoms. The van der Waals surface area contributed by atoms with Crippen molar-refractivity contribution < 1.29 is 4.79 Å². The molecule has 84 valence electrons. The van der Waals surface area contributed by atoms with Gasteiger partial charge in [0.1, 0.15) is 0 Å². The molecule has 1 aliphatic carbocycles. The minimum absolute atomic E-state index is 0.198. The third-order valence-electron chi connectivity index (χ3n) is 3.92. The van der Waals surface area contributed by atoms with Gasteiger partial charge in [0.05, 0.1) is 0 Å². The Morgan fingerprint density at radius 3 is 2.67 bits per heavy atom. The Hall–Kier alpha value is -0.610. The van der Waals surface area contributed by atoms with E-state index in [0.29, 0.717) is 11.8 Å². The molecule has 1 saturated carbocycles. The van der Waals surface area contributed by atoms with Crippen LogP contribution in [0.3, 0.4) is 0 Å². The number of carbonyl (C=O) groups is 1. The molecule has 2 saturated heterocycles. The maximum atomic E-state index is 11.8. The molecule has 0 unspecified atom stereocenters. The average Bonchev–Trinajstić information content (AvgIpc) is 2.91. The summed E-state index contributed by atoms with van der Waals surface area (Å²) in [5.41, 5.74) is 3.60. The van der Waals surface area contributed by atoms with Gasteiger partial charge < -0.3 is 5.32 Å². The number of hydrogen-bond donors (Lipinski definition) is 2. The van der Waals surface area contributed by atoms with Crippen molar-refractivity contribution in [3.8, 4) is 0 Å². The number of nitrogens with one attached hydrogen (secondary N) is 2. The summed E-state index contributed by atoms with van der Waals surface area (Å²) < 4.78 is 0. The molecule has 2 N–H and O–H groups in total. The van der Waals surface area contributed by atoms with Crippen LogP contribution in [-0.4, -0.2) is 36.1 Å². The average molecular weight is 209 g/mol. The summed E-state index contributed by atoms with van der Waals surface area (Å²) in [4.78, 5) is 11.8. The Morgan fingerprint density at radius 2 is 2.07 bits per heavy atom. The van der Waals surface area contributed by atoms with E-state index in [1.54, 1.807) is 0 Å². The largest absolute Gasteiger partial charge is 0.317 e. The minimum atomic E-state index is 0.198. The van der Waals surface area contributed by atoms with Crippen LogP contribution in [0.2, 0.25) is 0 Å². The fourth-order valence-corrected chi connectivity index (χ4v) is 2.68. The Labute approximate surface area is 90.4 Å². The molecular formula is C11H19N3O. The Kier molecular flexibility index (Phi) is 2.21. The van der Waals surface area contributed by atoms with Crippen LogP contribution >= 0.6 is 0 Å². The van der Waals surface area contributed by atoms with Crippen molar-refractivity contribution >= 4 is 5.91 Å². The first-order valence-electron chi connectivity index (χ1n) is 6.06. The van der Waals surface area contributed by atoms with Crippen LogP contribution in [0.1, 0.15) is 32.1 Å². The van der Waals surface area contributed by atoms with Gasteiger partial charge >= 0.3 is 0 Å². The lowest BCUT2D eigenvalue weighted by Crippen LogP contribution is -2.43. The smallest absolute Gasteiger partial charge is 0.238 e. The highest BCUT2D eigenvalue weighted by Gasteiger charge is 2.51. The van der Waals surface area contributed by atoms with Gasteiger partial charge in [-0.05, 0) is 44.7 Å². The second-order valence-corrected chi connectivity index (χ2v) is 5.27. The number of nitrogens with zero attached hydrogens (tertiary/aromatic N) is 1. The van der Waals surface area contributed by atoms with Crippen LogP contribution in [0, 0.1) is 5.92 Å². The van der Waals surface area contributed by atoms with Gasteiger partial charge in [0.2, 0.25) is 5.91 Å². The van der Waals surface area contributed by atoms with Crippen LogP contribution in [0.25, 0.3) is 0 Å². The van der Waals surface area contributed by atoms with Gasteiger partial charge in [0.25, 0.3) is 0 Å². The first-order valence-corrected chi connectivity index (χ1v) is 6.06. The second kappa shape index (κ2) is 3.46. The third kappa shape index (κ3) is 1.88. The summed E-state index contributed by atoms with van der Waals surface area (Å²) in [7, 11) is 0. The fourth-order valence-electron chi connectivity index (χ4n) is 2.68. The summed E-state index contributed by atoms with van der Waals surface area (Å²) in [5.74, 6) is 1.00. The van der Waals surface area contributed by atoms with E-state index in [4.69, 9.17) is 0 Å². The number of hydrazine groups is 1. The molecule has 0 aromatic rings. The first-order chi connectivity index (χ1) is 7.27. The van der Waals surface area contributed by atoms with Crippen molar-refractivity contribution in [2.24, 2.45) is 5.92 Å². The second-order valence-electron chi connectivity index (χ2n) is 5.27. The predicted molar refractivity (Wildman–Crippen MR) is 57.0 cm³/mol. The predicted octanol–water partition coefficient (Wildman–Crippen LogP) is 0.255. The van der Waals surface area contributed by atoms with Gasteiger partial charge in [0, 0.05) is 18.5 Å². The van der Waals surface area contributed by atoms with Gasteiger partial charge in [0.15, 0.2) is 0 Å². The zero-order valence-corrected chi connectivity index (χ0v) is 9.09. The molecule has 0 aromatic heterocycles. The van der Waals surface area contributed by atoms with Crippen LogP contribution in [0.4, 0.5) is 0 Å². The topological polar surface area (TPSA) is 44.4 Å². The molecule has 2 aliphatic heterocycles. The fraction of sp³-hybridized carbons (Fsp3) is 0.909. The molecular weight excluding hydrogens is 190 g/mol. The van der Waals surface area contributed by atoms with Gasteiger partial charge in [-0.2, -0.15) is 0 Å². The number of hydrogen-bond acceptors (Lipinski definition) is 3. The van der Waals surface area contributed by atoms with Crippen LogP contribution in [-0.2, 0) is 4.79 Å². The van der Waals surface area contributed by atoms with Crippen molar-refractivity contribution in [2.75, 3.05) is 19.6 Å². The number of piperidine rings is 1. The highest BCUT2D eigenvalue weighted by atomic mass is 16.2. The summed E-state index contributed by atoms with van der Waals surface area (Å²) >= 11 is 0. The van der Waals surface area contributed by atoms with E-state index < -0.39 is 0 Å². The standard InChI is InChI=1S/C11H19N3O/c15-10-7-11(3-4-11)13-14(10)8-9-1-5-12-6-2-9/h9,12-13H,1-8H2. The summed E-state index contributed by atoms with van der Waals surface area (Å²) in [6.07, 6.45) is 5.51. The molecule has 4 heteroatoms. The number of rotatable bonds is 2. The molecule has 3 fully saturated rings. The maximum absolute atomic E-state index is 11.8. The van der Waals surface area contributed by atoms with Crippen LogP contribution < -0.4 is 10.7 Å². The van der Waals surface area contributed by atoms with Crippen molar-refractivity contribution in [2.45, 2.75) is 37.6 Å². The van der Waals surface area contributed by atoms with E-state index >= 15 is 0 Å². The van der Waals surface area contributed by atoms with Gasteiger partial charge in [-0.25, -0.2) is 5.43 Å². The SMILES string of the molecule is O=C1CC2(CC2)NN1CC1CCNCC1. The van der Waals surface area contributed by atoms with Gasteiger partial charge in [-0.15, -0.1) is 0 Å². The molecule has 1 amide bonds. The quantitative estimate of drug-likeness (QED) is 0.685. The molecule has 3 rings (SSSR count). The molecule has 0 atom stereocenters. The molecule has 3 aliphatic rings. The van der Waals surface area contributed by atoms with Gasteiger partial charge in [-0.1, -0.05) is 0 Å². The molecule has 2 heterocycles. The van der Waals surface area contributed by atoms with Crippen LogP contribution in [0.15, 0.2) is 0 Å². The zero-order chi connectivity index (χ0) is 10.3. The molecule has 0 aromatic carbocycles. The molecule has 4 nitrogen and oxygen atoms in total. The van der Waals surface area contributed by atoms with E-state index in [0.717, 1.165) is 26.1 Å². The monoisotopic (exact) mass is 209 g/mol. The first kappa shape index (κ1) is 9.60. The van der Waals surface area contributed by atoms with Crippen molar-refractivity contribution in [1.82, 2.24) is 15.8 Å². The highest BCUT2D eigenvalue weighted by molar-refractivity contribution is 5.80. The normalized spacial score (nSPS) is 30.1. The van der Waals surface area contributed by atoms with E-state index in [9.17, 15) is 4.79 Å². The molecule has 0 bridgehead atoms. The van der Waals surface area contributed by atoms with Crippen LogP contribution in [0.5, 0.6) is 0 Å². The lowest BCUT2D eigenvalue weighted by molar-refractivity contribution is -0.130. The summed E-state index contributed by atoms with van der Waals surface area (Å²) in [6, 6.07) is 0. The maximum Gasteiger partial charge on any atom is 0.238 e. The minimum Gasteiger partial charge on any atom is -0.317 e. The Morgan fingerprint density at radius 1 is 1.33 bits per heavy atom. The Bertz CT molecular complexity index is 269. The molecule has 0 radical (unpaired) electrons. The van der Waals surface area contributed by atoms with E-state index in [2.05, 4.69) is 10.7 Å². The third-order valence-corrected chi connectivity index (χ3v) is 3.92. The number of carbonyl (C=O) groups excluding carboxylic acids is 1. The van der Waals surface area contributed by atoms with E-state index in [1.165, 1.54) is 25.7 Å². The lowest BCUT2D eigenvalue weighted by Gasteiger charge is -2.27. The van der Waals surface area contributed by atoms with E-state index in [-0.39, 0.29) is 5.54 Å². The van der Waals surface area contributed by atoms with E-state index in [1.807, 2.05) is 5.01 Å².